The summed E-state index contributed by atoms with van der Waals surface area (Å²) < 4.78 is 31.3. The van der Waals surface area contributed by atoms with Crippen LogP contribution in [0.5, 0.6) is 5.75 Å². The van der Waals surface area contributed by atoms with Crippen molar-refractivity contribution in [1.82, 2.24) is 20.1 Å². The Bertz CT molecular complexity index is 1510. The Hall–Kier alpha value is -3.72. The van der Waals surface area contributed by atoms with Crippen molar-refractivity contribution in [3.8, 4) is 17.0 Å². The van der Waals surface area contributed by atoms with Crippen molar-refractivity contribution in [2.24, 2.45) is 0 Å². The number of amides is 1. The summed E-state index contributed by atoms with van der Waals surface area (Å²) in [6.45, 7) is 2.15. The second-order valence-electron chi connectivity index (χ2n) is 8.74. The van der Waals surface area contributed by atoms with Gasteiger partial charge in [-0.1, -0.05) is 42.5 Å². The number of aryl methyl sites for hydroxylation is 1. The molecule has 2 aromatic carbocycles. The number of hydrogen-bond donors (Lipinski definition) is 1. The number of hydrogen-bond acceptors (Lipinski definition) is 6. The number of carbonyl (C=O) groups is 1. The van der Waals surface area contributed by atoms with Gasteiger partial charge in [-0.2, -0.15) is 5.10 Å². The molecule has 0 aliphatic carbocycles. The predicted molar refractivity (Wildman–Crippen MR) is 134 cm³/mol. The number of ether oxygens (including phenoxy) is 1. The molecule has 0 radical (unpaired) electrons. The molecule has 1 saturated heterocycles. The van der Waals surface area contributed by atoms with Crippen LogP contribution in [0.2, 0.25) is 0 Å². The van der Waals surface area contributed by atoms with Gasteiger partial charge in [-0.3, -0.25) is 4.79 Å². The van der Waals surface area contributed by atoms with E-state index in [0.29, 0.717) is 41.0 Å². The van der Waals surface area contributed by atoms with Gasteiger partial charge in [0.1, 0.15) is 5.75 Å². The number of aromatic nitrogens is 3. The molecule has 0 unspecified atom stereocenters. The van der Waals surface area contributed by atoms with Gasteiger partial charge >= 0.3 is 0 Å². The summed E-state index contributed by atoms with van der Waals surface area (Å²) in [5.74, 6) is 0.624. The predicted octanol–water partition coefficient (Wildman–Crippen LogP) is 3.70. The van der Waals surface area contributed by atoms with Gasteiger partial charge in [0, 0.05) is 12.1 Å². The number of methoxy groups -OCH3 is 1. The van der Waals surface area contributed by atoms with Crippen LogP contribution in [0, 0.1) is 6.92 Å². The molecule has 5 rings (SSSR count). The zero-order valence-electron chi connectivity index (χ0n) is 19.6. The van der Waals surface area contributed by atoms with Crippen LogP contribution in [-0.2, 0) is 16.4 Å². The fourth-order valence-electron chi connectivity index (χ4n) is 4.53. The van der Waals surface area contributed by atoms with Crippen molar-refractivity contribution in [2.45, 2.75) is 25.9 Å². The average Bonchev–Trinajstić information content (AvgIpc) is 3.41. The SMILES string of the molecule is COc1cccc(CNC(=O)c2cc(-c3ccccc3)nc3c2c(C)nn3[C@@H]2CCS(=O)(=O)C2)c1. The summed E-state index contributed by atoms with van der Waals surface area (Å²) in [6, 6.07) is 18.6. The average molecular weight is 491 g/mol. The van der Waals surface area contributed by atoms with E-state index in [0.717, 1.165) is 16.9 Å². The first kappa shape index (κ1) is 23.0. The van der Waals surface area contributed by atoms with Crippen LogP contribution >= 0.6 is 0 Å². The minimum atomic E-state index is -3.11. The quantitative estimate of drug-likeness (QED) is 0.442. The first-order valence-electron chi connectivity index (χ1n) is 11.4. The second kappa shape index (κ2) is 9.14. The molecule has 9 heteroatoms. The summed E-state index contributed by atoms with van der Waals surface area (Å²) in [6.07, 6.45) is 0.479. The zero-order chi connectivity index (χ0) is 24.6. The molecule has 0 saturated carbocycles. The molecular weight excluding hydrogens is 464 g/mol. The number of rotatable bonds is 6. The van der Waals surface area contributed by atoms with E-state index in [2.05, 4.69) is 10.4 Å². The van der Waals surface area contributed by atoms with Crippen LogP contribution in [0.25, 0.3) is 22.3 Å². The molecule has 3 heterocycles. The van der Waals surface area contributed by atoms with Gasteiger partial charge in [0.25, 0.3) is 5.91 Å². The summed E-state index contributed by atoms with van der Waals surface area (Å²) in [4.78, 5) is 18.3. The van der Waals surface area contributed by atoms with Gasteiger partial charge in [0.05, 0.1) is 47.0 Å². The molecule has 1 atom stereocenters. The van der Waals surface area contributed by atoms with E-state index in [-0.39, 0.29) is 23.5 Å². The Morgan fingerprint density at radius 1 is 1.14 bits per heavy atom. The Balaban J connectivity index is 1.58. The standard InChI is InChI=1S/C26H26N4O4S/c1-17-24-22(26(31)27-15-18-7-6-10-21(13-18)34-2)14-23(19-8-4-3-5-9-19)28-25(24)30(29-17)20-11-12-35(32,33)16-20/h3-10,13-14,20H,11-12,15-16H2,1-2H3,(H,27,31)/t20-/m1/s1. The lowest BCUT2D eigenvalue weighted by Crippen LogP contribution is -2.23. The van der Waals surface area contributed by atoms with E-state index in [1.54, 1.807) is 17.9 Å². The van der Waals surface area contributed by atoms with E-state index in [4.69, 9.17) is 9.72 Å². The molecule has 1 aliphatic heterocycles. The van der Waals surface area contributed by atoms with E-state index >= 15 is 0 Å². The monoisotopic (exact) mass is 490 g/mol. The lowest BCUT2D eigenvalue weighted by molar-refractivity contribution is 0.0952. The molecule has 1 amide bonds. The van der Waals surface area contributed by atoms with Crippen LogP contribution in [-0.4, -0.2) is 47.7 Å². The topological polar surface area (TPSA) is 103 Å². The molecule has 1 N–H and O–H groups in total. The van der Waals surface area contributed by atoms with Gasteiger partial charge in [0.15, 0.2) is 15.5 Å². The lowest BCUT2D eigenvalue weighted by atomic mass is 10.0. The van der Waals surface area contributed by atoms with Crippen molar-refractivity contribution < 1.29 is 17.9 Å². The third-order valence-corrected chi connectivity index (χ3v) is 8.04. The molecule has 1 fully saturated rings. The number of benzene rings is 2. The first-order chi connectivity index (χ1) is 16.8. The van der Waals surface area contributed by atoms with Crippen LogP contribution in [0.3, 0.4) is 0 Å². The minimum Gasteiger partial charge on any atom is -0.497 e. The highest BCUT2D eigenvalue weighted by atomic mass is 32.2. The summed E-state index contributed by atoms with van der Waals surface area (Å²) in [7, 11) is -1.51. The van der Waals surface area contributed by atoms with Crippen molar-refractivity contribution in [2.75, 3.05) is 18.6 Å². The Labute approximate surface area is 203 Å². The summed E-state index contributed by atoms with van der Waals surface area (Å²) in [5.41, 5.74) is 4.03. The maximum Gasteiger partial charge on any atom is 0.252 e. The highest BCUT2D eigenvalue weighted by molar-refractivity contribution is 7.91. The molecule has 35 heavy (non-hydrogen) atoms. The van der Waals surface area contributed by atoms with Crippen molar-refractivity contribution >= 4 is 26.8 Å². The number of sulfone groups is 1. The summed E-state index contributed by atoms with van der Waals surface area (Å²) in [5, 5.41) is 8.29. The second-order valence-corrected chi connectivity index (χ2v) is 11.0. The molecule has 0 bridgehead atoms. The Morgan fingerprint density at radius 3 is 2.66 bits per heavy atom. The van der Waals surface area contributed by atoms with Crippen LogP contribution in [0.4, 0.5) is 0 Å². The molecule has 180 valence electrons. The van der Waals surface area contributed by atoms with Crippen LogP contribution in [0.15, 0.2) is 60.7 Å². The van der Waals surface area contributed by atoms with Gasteiger partial charge < -0.3 is 10.1 Å². The highest BCUT2D eigenvalue weighted by Crippen LogP contribution is 2.32. The first-order valence-corrected chi connectivity index (χ1v) is 13.2. The largest absolute Gasteiger partial charge is 0.497 e. The number of nitrogens with one attached hydrogen (secondary N) is 1. The van der Waals surface area contributed by atoms with Crippen LogP contribution in [0.1, 0.15) is 34.1 Å². The smallest absolute Gasteiger partial charge is 0.252 e. The minimum absolute atomic E-state index is 0.0256. The number of fused-ring (bicyclic) bond motifs is 1. The third-order valence-electron chi connectivity index (χ3n) is 6.29. The third kappa shape index (κ3) is 4.64. The van der Waals surface area contributed by atoms with Crippen molar-refractivity contribution in [3.63, 3.8) is 0 Å². The normalized spacial score (nSPS) is 16.9. The molecule has 2 aromatic heterocycles. The molecule has 1 aliphatic rings. The lowest BCUT2D eigenvalue weighted by Gasteiger charge is -2.12. The highest BCUT2D eigenvalue weighted by Gasteiger charge is 2.32. The van der Waals surface area contributed by atoms with E-state index < -0.39 is 9.84 Å². The van der Waals surface area contributed by atoms with Gasteiger partial charge in [-0.05, 0) is 37.1 Å². The van der Waals surface area contributed by atoms with Gasteiger partial charge in [-0.15, -0.1) is 0 Å². The molecule has 0 spiro atoms. The van der Waals surface area contributed by atoms with E-state index in [1.165, 1.54) is 0 Å². The van der Waals surface area contributed by atoms with E-state index in [1.807, 2.05) is 61.5 Å². The maximum atomic E-state index is 13.5. The Kier molecular flexibility index (Phi) is 6.02. The summed E-state index contributed by atoms with van der Waals surface area (Å²) >= 11 is 0. The fraction of sp³-hybridized carbons (Fsp3) is 0.269. The number of carbonyl (C=O) groups excluding carboxylic acids is 1. The maximum absolute atomic E-state index is 13.5. The molecular formula is C26H26N4O4S. The van der Waals surface area contributed by atoms with Crippen molar-refractivity contribution in [1.29, 1.82) is 0 Å². The van der Waals surface area contributed by atoms with Gasteiger partial charge in [-0.25, -0.2) is 18.1 Å². The van der Waals surface area contributed by atoms with E-state index in [9.17, 15) is 13.2 Å². The van der Waals surface area contributed by atoms with Gasteiger partial charge in [0.2, 0.25) is 0 Å². The molecule has 4 aromatic rings. The number of nitrogens with zero attached hydrogens (tertiary/aromatic N) is 3. The fourth-order valence-corrected chi connectivity index (χ4v) is 6.22. The Morgan fingerprint density at radius 2 is 1.94 bits per heavy atom. The van der Waals surface area contributed by atoms with Crippen LogP contribution < -0.4 is 10.1 Å². The van der Waals surface area contributed by atoms with Crippen molar-refractivity contribution in [3.05, 3.63) is 77.5 Å². The number of pyridine rings is 1. The molecule has 8 nitrogen and oxygen atoms in total. The zero-order valence-corrected chi connectivity index (χ0v) is 20.4.